The van der Waals surface area contributed by atoms with E-state index in [0.717, 1.165) is 30.0 Å². The van der Waals surface area contributed by atoms with Crippen molar-refractivity contribution in [1.29, 1.82) is 0 Å². The molecule has 0 unspecified atom stereocenters. The fraction of sp³-hybridized carbons (Fsp3) is 0.789. The van der Waals surface area contributed by atoms with Crippen molar-refractivity contribution in [2.75, 3.05) is 26.2 Å². The highest BCUT2D eigenvalue weighted by Gasteiger charge is 2.24. The van der Waals surface area contributed by atoms with Crippen molar-refractivity contribution in [2.45, 2.75) is 66.0 Å². The van der Waals surface area contributed by atoms with Crippen LogP contribution in [0, 0.1) is 5.92 Å². The molecule has 1 saturated heterocycles. The Hall–Kier alpha value is -0.410. The second kappa shape index (κ2) is 12.1. The Morgan fingerprint density at radius 1 is 1.35 bits per heavy atom. The van der Waals surface area contributed by atoms with Gasteiger partial charge in [-0.1, -0.05) is 27.7 Å². The molecule has 0 spiro atoms. The number of aliphatic imine (C=N–C) groups is 1. The Morgan fingerprint density at radius 2 is 2.12 bits per heavy atom. The van der Waals surface area contributed by atoms with Gasteiger partial charge in [0, 0.05) is 31.1 Å². The third-order valence-corrected chi connectivity index (χ3v) is 5.33. The zero-order valence-electron chi connectivity index (χ0n) is 16.9. The first-order chi connectivity index (χ1) is 12.0. The van der Waals surface area contributed by atoms with E-state index in [0.29, 0.717) is 18.5 Å². The summed E-state index contributed by atoms with van der Waals surface area (Å²) in [6, 6.07) is 0.624. The molecule has 2 heterocycles. The molecule has 150 valence electrons. The average molecular weight is 494 g/mol. The number of nitrogens with one attached hydrogen (secondary N) is 2. The summed E-state index contributed by atoms with van der Waals surface area (Å²) in [6.45, 7) is 16.0. The van der Waals surface area contributed by atoms with E-state index in [9.17, 15) is 0 Å². The maximum Gasteiger partial charge on any atom is 0.191 e. The Balaban J connectivity index is 0.00000338. The Morgan fingerprint density at radius 3 is 2.73 bits per heavy atom. The fourth-order valence-corrected chi connectivity index (χ4v) is 4.08. The third kappa shape index (κ3) is 7.68. The van der Waals surface area contributed by atoms with E-state index < -0.39 is 0 Å². The first-order valence-corrected chi connectivity index (χ1v) is 10.6. The summed E-state index contributed by atoms with van der Waals surface area (Å²) < 4.78 is 0. The van der Waals surface area contributed by atoms with Crippen LogP contribution in [0.25, 0.3) is 0 Å². The van der Waals surface area contributed by atoms with Gasteiger partial charge in [0.25, 0.3) is 0 Å². The van der Waals surface area contributed by atoms with Crippen molar-refractivity contribution in [2.24, 2.45) is 10.9 Å². The zero-order chi connectivity index (χ0) is 18.2. The van der Waals surface area contributed by atoms with Crippen molar-refractivity contribution in [3.63, 3.8) is 0 Å². The van der Waals surface area contributed by atoms with Crippen LogP contribution in [0.4, 0.5) is 0 Å². The maximum absolute atomic E-state index is 4.73. The molecule has 0 amide bonds. The minimum absolute atomic E-state index is 0. The SMILES string of the molecule is CCNC(=NCc1nc(C(C)C)cs1)NC[C@H]1CCCN1CC(C)C.I. The molecule has 1 aliphatic rings. The number of hydrogen-bond acceptors (Lipinski definition) is 4. The topological polar surface area (TPSA) is 52.6 Å². The predicted octanol–water partition coefficient (Wildman–Crippen LogP) is 4.06. The summed E-state index contributed by atoms with van der Waals surface area (Å²) in [5.74, 6) is 2.11. The standard InChI is InChI=1S/C19H35N5S.HI/c1-6-20-19(22-11-18-23-17(13-25-18)15(4)5)21-10-16-8-7-9-24(16)12-14(2)3;/h13-16H,6-12H2,1-5H3,(H2,20,21,22);1H/t16-;/m1./s1. The van der Waals surface area contributed by atoms with Gasteiger partial charge in [0.05, 0.1) is 12.2 Å². The van der Waals surface area contributed by atoms with Crippen molar-refractivity contribution in [3.8, 4) is 0 Å². The van der Waals surface area contributed by atoms with E-state index in [1.807, 2.05) is 0 Å². The molecule has 1 atom stereocenters. The quantitative estimate of drug-likeness (QED) is 0.326. The number of halogens is 1. The van der Waals surface area contributed by atoms with E-state index in [4.69, 9.17) is 4.99 Å². The molecule has 0 aromatic carbocycles. The monoisotopic (exact) mass is 493 g/mol. The number of hydrogen-bond donors (Lipinski definition) is 2. The first kappa shape index (κ1) is 23.6. The predicted molar refractivity (Wildman–Crippen MR) is 124 cm³/mol. The van der Waals surface area contributed by atoms with Crippen molar-refractivity contribution in [3.05, 3.63) is 16.1 Å². The van der Waals surface area contributed by atoms with E-state index >= 15 is 0 Å². The van der Waals surface area contributed by atoms with E-state index in [2.05, 4.69) is 60.5 Å². The van der Waals surface area contributed by atoms with E-state index in [1.165, 1.54) is 31.6 Å². The number of guanidine groups is 1. The number of nitrogens with zero attached hydrogens (tertiary/aromatic N) is 3. The van der Waals surface area contributed by atoms with Crippen LogP contribution in [0.3, 0.4) is 0 Å². The molecular formula is C19H36IN5S. The van der Waals surface area contributed by atoms with Crippen LogP contribution in [0.2, 0.25) is 0 Å². The van der Waals surface area contributed by atoms with Gasteiger partial charge in [-0.3, -0.25) is 4.90 Å². The van der Waals surface area contributed by atoms with E-state index in [-0.39, 0.29) is 24.0 Å². The zero-order valence-corrected chi connectivity index (χ0v) is 20.1. The van der Waals surface area contributed by atoms with Gasteiger partial charge in [0.2, 0.25) is 0 Å². The van der Waals surface area contributed by atoms with Crippen LogP contribution in [-0.4, -0.2) is 48.1 Å². The second-order valence-electron chi connectivity index (χ2n) is 7.58. The van der Waals surface area contributed by atoms with Gasteiger partial charge in [-0.15, -0.1) is 35.3 Å². The maximum atomic E-state index is 4.73. The van der Waals surface area contributed by atoms with Crippen LogP contribution >= 0.6 is 35.3 Å². The highest BCUT2D eigenvalue weighted by Crippen LogP contribution is 2.19. The van der Waals surface area contributed by atoms with Crippen molar-refractivity contribution in [1.82, 2.24) is 20.5 Å². The minimum Gasteiger partial charge on any atom is -0.357 e. The molecule has 5 nitrogen and oxygen atoms in total. The van der Waals surface area contributed by atoms with Gasteiger partial charge in [0.1, 0.15) is 5.01 Å². The third-order valence-electron chi connectivity index (χ3n) is 4.48. The molecule has 0 aliphatic carbocycles. The Kier molecular flexibility index (Phi) is 11.0. The summed E-state index contributed by atoms with van der Waals surface area (Å²) >= 11 is 1.71. The molecule has 1 aliphatic heterocycles. The molecule has 2 rings (SSSR count). The number of aromatic nitrogens is 1. The molecule has 1 fully saturated rings. The highest BCUT2D eigenvalue weighted by atomic mass is 127. The van der Waals surface area contributed by atoms with E-state index in [1.54, 1.807) is 11.3 Å². The van der Waals surface area contributed by atoms with Crippen LogP contribution < -0.4 is 10.6 Å². The van der Waals surface area contributed by atoms with Crippen LogP contribution in [-0.2, 0) is 6.54 Å². The smallest absolute Gasteiger partial charge is 0.191 e. The molecule has 1 aromatic rings. The summed E-state index contributed by atoms with van der Waals surface area (Å²) in [6.07, 6.45) is 2.59. The number of thiazole rings is 1. The average Bonchev–Trinajstić information content (AvgIpc) is 3.19. The lowest BCUT2D eigenvalue weighted by molar-refractivity contribution is 0.226. The molecule has 26 heavy (non-hydrogen) atoms. The van der Waals surface area contributed by atoms with Gasteiger partial charge in [0.15, 0.2) is 5.96 Å². The lowest BCUT2D eigenvalue weighted by Gasteiger charge is -2.27. The molecular weight excluding hydrogens is 457 g/mol. The van der Waals surface area contributed by atoms with Crippen LogP contribution in [0.1, 0.15) is 64.1 Å². The summed E-state index contributed by atoms with van der Waals surface area (Å²) in [7, 11) is 0. The first-order valence-electron chi connectivity index (χ1n) is 9.70. The summed E-state index contributed by atoms with van der Waals surface area (Å²) in [5.41, 5.74) is 1.17. The fourth-order valence-electron chi connectivity index (χ4n) is 3.20. The van der Waals surface area contributed by atoms with Crippen molar-refractivity contribution < 1.29 is 0 Å². The molecule has 7 heteroatoms. The normalized spacial score (nSPS) is 18.4. The van der Waals surface area contributed by atoms with Gasteiger partial charge >= 0.3 is 0 Å². The summed E-state index contributed by atoms with van der Waals surface area (Å²) in [4.78, 5) is 12.0. The lowest BCUT2D eigenvalue weighted by Crippen LogP contribution is -2.45. The van der Waals surface area contributed by atoms with Gasteiger partial charge in [-0.25, -0.2) is 9.98 Å². The Bertz CT molecular complexity index is 544. The van der Waals surface area contributed by atoms with Crippen LogP contribution in [0.15, 0.2) is 10.4 Å². The second-order valence-corrected chi connectivity index (χ2v) is 8.52. The minimum atomic E-state index is 0. The van der Waals surface area contributed by atoms with Crippen molar-refractivity contribution >= 4 is 41.3 Å². The molecule has 2 N–H and O–H groups in total. The highest BCUT2D eigenvalue weighted by molar-refractivity contribution is 14.0. The number of likely N-dealkylation sites (tertiary alicyclic amines) is 1. The summed E-state index contributed by atoms with van der Waals surface area (Å²) in [5, 5.41) is 10.1. The Labute approximate surface area is 180 Å². The largest absolute Gasteiger partial charge is 0.357 e. The van der Waals surface area contributed by atoms with Gasteiger partial charge in [-0.05, 0) is 38.1 Å². The molecule has 0 saturated carbocycles. The lowest BCUT2D eigenvalue weighted by atomic mass is 10.1. The van der Waals surface area contributed by atoms with Crippen LogP contribution in [0.5, 0.6) is 0 Å². The van der Waals surface area contributed by atoms with Gasteiger partial charge < -0.3 is 10.6 Å². The molecule has 0 bridgehead atoms. The number of rotatable bonds is 8. The van der Waals surface area contributed by atoms with Gasteiger partial charge in [-0.2, -0.15) is 0 Å². The molecule has 0 radical (unpaired) electrons. The molecule has 1 aromatic heterocycles.